The lowest BCUT2D eigenvalue weighted by atomic mass is 9.89. The Kier molecular flexibility index (Phi) is 3.49. The Hall–Kier alpha value is -0.900. The summed E-state index contributed by atoms with van der Waals surface area (Å²) in [6, 6.07) is 0. The minimum absolute atomic E-state index is 0.00110. The molecule has 0 aromatic carbocycles. The van der Waals surface area contributed by atoms with Crippen LogP contribution in [0, 0.1) is 17.3 Å². The van der Waals surface area contributed by atoms with E-state index in [2.05, 4.69) is 0 Å². The van der Waals surface area contributed by atoms with Gasteiger partial charge in [-0.05, 0) is 24.7 Å². The first-order chi connectivity index (χ1) is 8.29. The van der Waals surface area contributed by atoms with Crippen molar-refractivity contribution in [1.82, 2.24) is 4.90 Å². The normalized spacial score (nSPS) is 29.9. The fourth-order valence-corrected chi connectivity index (χ4v) is 3.22. The number of carbonyl (C=O) groups is 2. The maximum absolute atomic E-state index is 12.1. The van der Waals surface area contributed by atoms with E-state index in [1.807, 2.05) is 20.8 Å². The molecular formula is C14H23NO3. The summed E-state index contributed by atoms with van der Waals surface area (Å²) in [5.74, 6) is -0.315. The quantitative estimate of drug-likeness (QED) is 0.777. The number of hydrogen-bond acceptors (Lipinski definition) is 3. The fraction of sp³-hybridized carbons (Fsp3) is 0.857. The monoisotopic (exact) mass is 253 g/mol. The zero-order valence-corrected chi connectivity index (χ0v) is 11.5. The molecule has 18 heavy (non-hydrogen) atoms. The highest BCUT2D eigenvalue weighted by Crippen LogP contribution is 2.39. The molecule has 0 bridgehead atoms. The predicted octanol–water partition coefficient (Wildman–Crippen LogP) is 1.57. The maximum atomic E-state index is 12.1. The molecule has 2 aliphatic rings. The third-order valence-corrected chi connectivity index (χ3v) is 3.92. The molecule has 1 aliphatic carbocycles. The van der Waals surface area contributed by atoms with Crippen LogP contribution in [-0.4, -0.2) is 34.5 Å². The molecule has 1 N–H and O–H groups in total. The van der Waals surface area contributed by atoms with Crippen LogP contribution in [0.5, 0.6) is 0 Å². The summed E-state index contributed by atoms with van der Waals surface area (Å²) in [4.78, 5) is 25.5. The van der Waals surface area contributed by atoms with Gasteiger partial charge in [-0.3, -0.25) is 14.5 Å². The summed E-state index contributed by atoms with van der Waals surface area (Å²) in [6.07, 6.45) is 2.63. The minimum Gasteiger partial charge on any atom is -0.391 e. The van der Waals surface area contributed by atoms with Crippen molar-refractivity contribution in [1.29, 1.82) is 0 Å². The zero-order valence-electron chi connectivity index (χ0n) is 11.5. The molecule has 4 heteroatoms. The van der Waals surface area contributed by atoms with Crippen LogP contribution in [0.1, 0.15) is 46.5 Å². The van der Waals surface area contributed by atoms with Crippen molar-refractivity contribution in [3.63, 3.8) is 0 Å². The van der Waals surface area contributed by atoms with E-state index in [9.17, 15) is 14.7 Å². The van der Waals surface area contributed by atoms with Crippen LogP contribution in [-0.2, 0) is 9.59 Å². The third kappa shape index (κ3) is 2.58. The van der Waals surface area contributed by atoms with Crippen molar-refractivity contribution < 1.29 is 14.7 Å². The molecular weight excluding hydrogens is 230 g/mol. The van der Waals surface area contributed by atoms with Crippen molar-refractivity contribution in [2.75, 3.05) is 6.54 Å². The molecule has 1 aliphatic heterocycles. The van der Waals surface area contributed by atoms with Gasteiger partial charge >= 0.3 is 0 Å². The minimum atomic E-state index is -0.614. The second-order valence-electron chi connectivity index (χ2n) is 6.85. The summed E-state index contributed by atoms with van der Waals surface area (Å²) in [5, 5.41) is 10.00. The largest absolute Gasteiger partial charge is 0.391 e. The highest BCUT2D eigenvalue weighted by molar-refractivity contribution is 6.05. The molecule has 0 aromatic rings. The number of rotatable bonds is 3. The predicted molar refractivity (Wildman–Crippen MR) is 67.6 cm³/mol. The van der Waals surface area contributed by atoms with Gasteiger partial charge < -0.3 is 5.11 Å². The number of β-amino-alcohol motifs (C(OH)–C–C–N with tert-alkyl or cyclic N) is 1. The molecule has 102 valence electrons. The van der Waals surface area contributed by atoms with Crippen LogP contribution in [0.3, 0.4) is 0 Å². The van der Waals surface area contributed by atoms with Crippen molar-refractivity contribution in [2.45, 2.75) is 52.6 Å². The molecule has 3 unspecified atom stereocenters. The average molecular weight is 253 g/mol. The van der Waals surface area contributed by atoms with E-state index < -0.39 is 6.10 Å². The van der Waals surface area contributed by atoms with E-state index in [1.165, 1.54) is 4.90 Å². The first-order valence-electron chi connectivity index (χ1n) is 6.83. The lowest BCUT2D eigenvalue weighted by Gasteiger charge is -2.25. The smallest absolute Gasteiger partial charge is 0.233 e. The summed E-state index contributed by atoms with van der Waals surface area (Å²) < 4.78 is 0. The Morgan fingerprint density at radius 3 is 2.17 bits per heavy atom. The topological polar surface area (TPSA) is 57.6 Å². The first kappa shape index (κ1) is 13.5. The molecule has 2 rings (SSSR count). The number of nitrogens with zero attached hydrogens (tertiary/aromatic N) is 1. The van der Waals surface area contributed by atoms with Gasteiger partial charge in [-0.2, -0.15) is 0 Å². The Morgan fingerprint density at radius 1 is 1.22 bits per heavy atom. The molecule has 1 saturated heterocycles. The van der Waals surface area contributed by atoms with Crippen LogP contribution in [0.15, 0.2) is 0 Å². The standard InChI is InChI=1S/C14H23NO3/c1-14(2,3)7-9(16)8-15-12(17)10-5-4-6-11(10)13(15)18/h9-11,16H,4-8H2,1-3H3. The molecule has 0 aromatic heterocycles. The Balaban J connectivity index is 1.98. The van der Waals surface area contributed by atoms with Gasteiger partial charge in [-0.25, -0.2) is 0 Å². The second-order valence-corrected chi connectivity index (χ2v) is 6.85. The van der Waals surface area contributed by atoms with Gasteiger partial charge in [0.1, 0.15) is 0 Å². The van der Waals surface area contributed by atoms with E-state index in [1.54, 1.807) is 0 Å². The van der Waals surface area contributed by atoms with E-state index in [4.69, 9.17) is 0 Å². The van der Waals surface area contributed by atoms with Crippen molar-refractivity contribution in [3.05, 3.63) is 0 Å². The zero-order chi connectivity index (χ0) is 13.5. The number of imide groups is 1. The molecule has 1 saturated carbocycles. The van der Waals surface area contributed by atoms with Crippen LogP contribution in [0.4, 0.5) is 0 Å². The van der Waals surface area contributed by atoms with Crippen LogP contribution in [0.2, 0.25) is 0 Å². The molecule has 4 nitrogen and oxygen atoms in total. The highest BCUT2D eigenvalue weighted by Gasteiger charge is 2.49. The number of likely N-dealkylation sites (tertiary alicyclic amines) is 1. The second kappa shape index (κ2) is 4.65. The number of amides is 2. The number of fused-ring (bicyclic) bond motifs is 1. The first-order valence-corrected chi connectivity index (χ1v) is 6.83. The third-order valence-electron chi connectivity index (χ3n) is 3.92. The lowest BCUT2D eigenvalue weighted by Crippen LogP contribution is -2.39. The molecule has 2 amide bonds. The van der Waals surface area contributed by atoms with Crippen LogP contribution in [0.25, 0.3) is 0 Å². The summed E-state index contributed by atoms with van der Waals surface area (Å²) in [7, 11) is 0. The Labute approximate surface area is 108 Å². The maximum Gasteiger partial charge on any atom is 0.233 e. The molecule has 0 radical (unpaired) electrons. The van der Waals surface area contributed by atoms with E-state index in [-0.39, 0.29) is 35.6 Å². The van der Waals surface area contributed by atoms with Crippen LogP contribution < -0.4 is 0 Å². The number of hydrogen-bond donors (Lipinski definition) is 1. The van der Waals surface area contributed by atoms with E-state index in [0.29, 0.717) is 6.42 Å². The van der Waals surface area contributed by atoms with Gasteiger partial charge in [0.25, 0.3) is 0 Å². The van der Waals surface area contributed by atoms with Crippen LogP contribution >= 0.6 is 0 Å². The van der Waals surface area contributed by atoms with Crippen molar-refractivity contribution in [3.8, 4) is 0 Å². The molecule has 2 fully saturated rings. The number of aliphatic hydroxyl groups excluding tert-OH is 1. The van der Waals surface area contributed by atoms with Gasteiger partial charge in [0.05, 0.1) is 24.5 Å². The lowest BCUT2D eigenvalue weighted by molar-refractivity contribution is -0.142. The summed E-state index contributed by atoms with van der Waals surface area (Å²) >= 11 is 0. The molecule has 3 atom stereocenters. The van der Waals surface area contributed by atoms with Gasteiger partial charge in [0.15, 0.2) is 0 Å². The average Bonchev–Trinajstić information content (AvgIpc) is 2.76. The SMILES string of the molecule is CC(C)(C)CC(O)CN1C(=O)C2CCCC2C1=O. The Morgan fingerprint density at radius 2 is 1.72 bits per heavy atom. The van der Waals surface area contributed by atoms with Gasteiger partial charge in [-0.15, -0.1) is 0 Å². The van der Waals surface area contributed by atoms with Crippen molar-refractivity contribution in [2.24, 2.45) is 17.3 Å². The van der Waals surface area contributed by atoms with E-state index >= 15 is 0 Å². The summed E-state index contributed by atoms with van der Waals surface area (Å²) in [5.41, 5.74) is 0.00110. The Bertz CT molecular complexity index is 337. The van der Waals surface area contributed by atoms with E-state index in [0.717, 1.165) is 19.3 Å². The number of carbonyl (C=O) groups excluding carboxylic acids is 2. The fourth-order valence-electron chi connectivity index (χ4n) is 3.22. The van der Waals surface area contributed by atoms with Gasteiger partial charge in [0, 0.05) is 0 Å². The molecule has 0 spiro atoms. The highest BCUT2D eigenvalue weighted by atomic mass is 16.3. The van der Waals surface area contributed by atoms with Gasteiger partial charge in [0.2, 0.25) is 11.8 Å². The van der Waals surface area contributed by atoms with Gasteiger partial charge in [-0.1, -0.05) is 27.2 Å². The molecule has 1 heterocycles. The summed E-state index contributed by atoms with van der Waals surface area (Å²) in [6.45, 7) is 6.29. The number of aliphatic hydroxyl groups is 1. The van der Waals surface area contributed by atoms with Crippen molar-refractivity contribution >= 4 is 11.8 Å².